The Balaban J connectivity index is 2.33. The van der Waals surface area contributed by atoms with Gasteiger partial charge in [-0.3, -0.25) is 0 Å². The highest BCUT2D eigenvalue weighted by Gasteiger charge is 2.31. The Bertz CT molecular complexity index is 634. The maximum atomic E-state index is 12.0. The molecule has 0 unspecified atom stereocenters. The predicted octanol–water partition coefficient (Wildman–Crippen LogP) is 3.84. The van der Waals surface area contributed by atoms with Crippen LogP contribution in [0.1, 0.15) is 10.5 Å². The highest BCUT2D eigenvalue weighted by molar-refractivity contribution is 9.10. The van der Waals surface area contributed by atoms with Gasteiger partial charge in [0, 0.05) is 16.4 Å². The molecule has 0 radical (unpaired) electrons. The second-order valence-electron chi connectivity index (χ2n) is 3.76. The van der Waals surface area contributed by atoms with Crippen molar-refractivity contribution in [3.8, 4) is 11.4 Å². The fourth-order valence-electron chi connectivity index (χ4n) is 1.62. The second kappa shape index (κ2) is 5.20. The molecule has 0 amide bonds. The van der Waals surface area contributed by atoms with Crippen LogP contribution in [0.25, 0.3) is 5.69 Å². The number of carboxylic acids is 1. The molecule has 0 spiro atoms. The molecule has 0 bridgehead atoms. The van der Waals surface area contributed by atoms with Gasteiger partial charge in [-0.05, 0) is 46.3 Å². The average molecular weight is 350 g/mol. The quantitative estimate of drug-likeness (QED) is 0.915. The van der Waals surface area contributed by atoms with Crippen LogP contribution in [0.3, 0.4) is 0 Å². The van der Waals surface area contributed by atoms with Gasteiger partial charge >= 0.3 is 12.3 Å². The Hall–Kier alpha value is -1.96. The summed E-state index contributed by atoms with van der Waals surface area (Å²) in [6.07, 6.45) is -3.26. The van der Waals surface area contributed by atoms with Gasteiger partial charge in [-0.25, -0.2) is 4.79 Å². The number of aromatic nitrogens is 1. The number of hydrogen-bond donors (Lipinski definition) is 1. The first-order valence-corrected chi connectivity index (χ1v) is 6.03. The van der Waals surface area contributed by atoms with E-state index in [-0.39, 0.29) is 11.4 Å². The van der Waals surface area contributed by atoms with Crippen LogP contribution >= 0.6 is 15.9 Å². The molecule has 8 heteroatoms. The summed E-state index contributed by atoms with van der Waals surface area (Å²) >= 11 is 3.15. The summed E-state index contributed by atoms with van der Waals surface area (Å²) in [5.41, 5.74) is 0.393. The van der Waals surface area contributed by atoms with Crippen molar-refractivity contribution in [1.29, 1.82) is 0 Å². The molecule has 0 aliphatic heterocycles. The van der Waals surface area contributed by atoms with Gasteiger partial charge in [0.1, 0.15) is 11.4 Å². The SMILES string of the molecule is O=C(O)c1cc(Br)cn1-c1ccc(OC(F)(F)F)cc1. The standard InChI is InChI=1S/C12H7BrF3NO3/c13-7-5-10(11(18)19)17(6-7)8-1-3-9(4-2-8)20-12(14,15)16/h1-6H,(H,18,19). The molecule has 2 aromatic rings. The maximum absolute atomic E-state index is 12.0. The number of aromatic carboxylic acids is 1. The zero-order valence-corrected chi connectivity index (χ0v) is 11.3. The monoisotopic (exact) mass is 349 g/mol. The van der Waals surface area contributed by atoms with Gasteiger partial charge in [0.2, 0.25) is 0 Å². The van der Waals surface area contributed by atoms with Crippen LogP contribution in [0, 0.1) is 0 Å². The van der Waals surface area contributed by atoms with Crippen LogP contribution in [0.15, 0.2) is 41.0 Å². The van der Waals surface area contributed by atoms with Gasteiger partial charge in [-0.1, -0.05) is 0 Å². The van der Waals surface area contributed by atoms with E-state index in [9.17, 15) is 18.0 Å². The number of hydrogen-bond acceptors (Lipinski definition) is 2. The lowest BCUT2D eigenvalue weighted by Gasteiger charge is -2.10. The largest absolute Gasteiger partial charge is 0.573 e. The molecular weight excluding hydrogens is 343 g/mol. The van der Waals surface area contributed by atoms with Crippen LogP contribution < -0.4 is 4.74 Å². The number of nitrogens with zero attached hydrogens (tertiary/aromatic N) is 1. The highest BCUT2D eigenvalue weighted by Crippen LogP contribution is 2.25. The Morgan fingerprint density at radius 1 is 1.25 bits per heavy atom. The third kappa shape index (κ3) is 3.32. The number of ether oxygens (including phenoxy) is 1. The first kappa shape index (κ1) is 14.4. The number of rotatable bonds is 3. The molecule has 1 N–H and O–H groups in total. The molecule has 1 heterocycles. The van der Waals surface area contributed by atoms with Crippen molar-refractivity contribution in [1.82, 2.24) is 4.57 Å². The highest BCUT2D eigenvalue weighted by atomic mass is 79.9. The number of halogens is 4. The normalized spacial score (nSPS) is 11.4. The van der Waals surface area contributed by atoms with E-state index in [2.05, 4.69) is 20.7 Å². The summed E-state index contributed by atoms with van der Waals surface area (Å²) in [5.74, 6) is -1.52. The van der Waals surface area contributed by atoms with Crippen molar-refractivity contribution < 1.29 is 27.8 Å². The molecule has 0 saturated heterocycles. The van der Waals surface area contributed by atoms with E-state index < -0.39 is 12.3 Å². The summed E-state index contributed by atoms with van der Waals surface area (Å²) < 4.78 is 41.7. The van der Waals surface area contributed by atoms with Crippen LogP contribution in [-0.2, 0) is 0 Å². The fourth-order valence-corrected chi connectivity index (χ4v) is 2.04. The molecule has 1 aromatic heterocycles. The zero-order valence-electron chi connectivity index (χ0n) is 9.69. The van der Waals surface area contributed by atoms with Gasteiger partial charge in [-0.15, -0.1) is 13.2 Å². The average Bonchev–Trinajstić information content (AvgIpc) is 2.70. The molecule has 0 aliphatic carbocycles. The molecule has 0 aliphatic rings. The van der Waals surface area contributed by atoms with Gasteiger partial charge in [-0.2, -0.15) is 0 Å². The Morgan fingerprint density at radius 3 is 2.35 bits per heavy atom. The van der Waals surface area contributed by atoms with Crippen LogP contribution in [0.2, 0.25) is 0 Å². The van der Waals surface area contributed by atoms with Crippen molar-refractivity contribution in [2.75, 3.05) is 0 Å². The summed E-state index contributed by atoms with van der Waals surface area (Å²) in [5, 5.41) is 9.03. The van der Waals surface area contributed by atoms with E-state index in [1.54, 1.807) is 0 Å². The van der Waals surface area contributed by atoms with Crippen molar-refractivity contribution in [2.24, 2.45) is 0 Å². The molecule has 106 valence electrons. The lowest BCUT2D eigenvalue weighted by molar-refractivity contribution is -0.274. The minimum atomic E-state index is -4.76. The fraction of sp³-hybridized carbons (Fsp3) is 0.0833. The van der Waals surface area contributed by atoms with Gasteiger partial charge in [0.05, 0.1) is 0 Å². The van der Waals surface area contributed by atoms with Crippen molar-refractivity contribution in [2.45, 2.75) is 6.36 Å². The number of alkyl halides is 3. The molecule has 4 nitrogen and oxygen atoms in total. The Kier molecular flexibility index (Phi) is 3.76. The van der Waals surface area contributed by atoms with E-state index in [1.165, 1.54) is 29.0 Å². The van der Waals surface area contributed by atoms with Crippen molar-refractivity contribution in [3.63, 3.8) is 0 Å². The minimum absolute atomic E-state index is 0.0126. The van der Waals surface area contributed by atoms with E-state index in [0.29, 0.717) is 10.2 Å². The number of carboxylic acid groups (broad SMARTS) is 1. The van der Waals surface area contributed by atoms with Gasteiger partial charge < -0.3 is 14.4 Å². The summed E-state index contributed by atoms with van der Waals surface area (Å²) in [4.78, 5) is 11.0. The van der Waals surface area contributed by atoms with Gasteiger partial charge in [0.25, 0.3) is 0 Å². The Morgan fingerprint density at radius 2 is 1.85 bits per heavy atom. The lowest BCUT2D eigenvalue weighted by Crippen LogP contribution is -2.17. The molecule has 0 saturated carbocycles. The van der Waals surface area contributed by atoms with Gasteiger partial charge in [0.15, 0.2) is 0 Å². The second-order valence-corrected chi connectivity index (χ2v) is 4.68. The third-order valence-corrected chi connectivity index (χ3v) is 2.79. The van der Waals surface area contributed by atoms with E-state index in [4.69, 9.17) is 5.11 Å². The third-order valence-electron chi connectivity index (χ3n) is 2.35. The first-order valence-electron chi connectivity index (χ1n) is 5.23. The molecule has 1 aromatic carbocycles. The van der Waals surface area contributed by atoms with E-state index in [0.717, 1.165) is 12.1 Å². The van der Waals surface area contributed by atoms with Crippen LogP contribution in [0.4, 0.5) is 13.2 Å². The number of carbonyl (C=O) groups is 1. The smallest absolute Gasteiger partial charge is 0.477 e. The van der Waals surface area contributed by atoms with Crippen LogP contribution in [-0.4, -0.2) is 22.0 Å². The Labute approximate surface area is 119 Å². The molecule has 20 heavy (non-hydrogen) atoms. The number of benzene rings is 1. The molecule has 2 rings (SSSR count). The molecule has 0 fully saturated rings. The summed E-state index contributed by atoms with van der Waals surface area (Å²) in [7, 11) is 0. The minimum Gasteiger partial charge on any atom is -0.477 e. The molecule has 0 atom stereocenters. The van der Waals surface area contributed by atoms with Crippen LogP contribution in [0.5, 0.6) is 5.75 Å². The molecular formula is C12H7BrF3NO3. The topological polar surface area (TPSA) is 51.5 Å². The zero-order chi connectivity index (χ0) is 14.9. The van der Waals surface area contributed by atoms with Crippen molar-refractivity contribution >= 4 is 21.9 Å². The lowest BCUT2D eigenvalue weighted by atomic mass is 10.3. The summed E-state index contributed by atoms with van der Waals surface area (Å²) in [6.45, 7) is 0. The van der Waals surface area contributed by atoms with E-state index >= 15 is 0 Å². The first-order chi connectivity index (χ1) is 9.26. The predicted molar refractivity (Wildman–Crippen MR) is 67.1 cm³/mol. The summed E-state index contributed by atoms with van der Waals surface area (Å²) in [6, 6.07) is 6.28. The van der Waals surface area contributed by atoms with E-state index in [1.807, 2.05) is 0 Å². The van der Waals surface area contributed by atoms with Crippen molar-refractivity contribution in [3.05, 3.63) is 46.7 Å². The maximum Gasteiger partial charge on any atom is 0.573 e.